The molecule has 2 amide bonds. The second kappa shape index (κ2) is 6.59. The second-order valence-corrected chi connectivity index (χ2v) is 6.92. The predicted octanol–water partition coefficient (Wildman–Crippen LogP) is 2.14. The third-order valence-electron chi connectivity index (χ3n) is 4.95. The van der Waals surface area contributed by atoms with Gasteiger partial charge in [0.1, 0.15) is 0 Å². The van der Waals surface area contributed by atoms with Crippen LogP contribution in [0, 0.1) is 17.2 Å². The van der Waals surface area contributed by atoms with Gasteiger partial charge >= 0.3 is 6.03 Å². The number of carbonyl (C=O) groups is 1. The van der Waals surface area contributed by atoms with Gasteiger partial charge in [-0.3, -0.25) is 4.90 Å². The summed E-state index contributed by atoms with van der Waals surface area (Å²) in [4.78, 5) is 18.5. The Balaban J connectivity index is 1.70. The zero-order valence-corrected chi connectivity index (χ0v) is 13.9. The summed E-state index contributed by atoms with van der Waals surface area (Å²) in [5, 5.41) is 8.90. The van der Waals surface area contributed by atoms with Gasteiger partial charge in [-0.25, -0.2) is 4.79 Å². The number of urea groups is 1. The molecule has 2 atom stereocenters. The molecule has 5 nitrogen and oxygen atoms in total. The quantitative estimate of drug-likeness (QED) is 0.840. The first-order valence-electron chi connectivity index (χ1n) is 8.26. The van der Waals surface area contributed by atoms with E-state index in [-0.39, 0.29) is 6.03 Å². The maximum absolute atomic E-state index is 12.3. The van der Waals surface area contributed by atoms with E-state index in [0.29, 0.717) is 17.5 Å². The first-order valence-corrected chi connectivity index (χ1v) is 8.26. The Bertz CT molecular complexity index is 604. The summed E-state index contributed by atoms with van der Waals surface area (Å²) in [5.74, 6) is 0.566. The molecule has 5 heteroatoms. The van der Waals surface area contributed by atoms with Crippen molar-refractivity contribution >= 4 is 6.03 Å². The number of benzene rings is 1. The highest BCUT2D eigenvalue weighted by atomic mass is 16.2. The summed E-state index contributed by atoms with van der Waals surface area (Å²) in [6.07, 6.45) is 2.38. The molecule has 2 bridgehead atoms. The van der Waals surface area contributed by atoms with Gasteiger partial charge < -0.3 is 9.80 Å². The first kappa shape index (κ1) is 15.8. The van der Waals surface area contributed by atoms with E-state index in [0.717, 1.165) is 32.6 Å². The number of carbonyl (C=O) groups excluding carboxylic acids is 1. The Labute approximate surface area is 138 Å². The molecule has 4 rings (SSSR count). The van der Waals surface area contributed by atoms with Gasteiger partial charge in [-0.1, -0.05) is 12.1 Å². The molecule has 0 unspecified atom stereocenters. The van der Waals surface area contributed by atoms with Gasteiger partial charge in [-0.2, -0.15) is 5.26 Å². The monoisotopic (exact) mass is 312 g/mol. The van der Waals surface area contributed by atoms with Crippen molar-refractivity contribution in [2.45, 2.75) is 25.4 Å². The maximum atomic E-state index is 12.3. The third-order valence-corrected chi connectivity index (χ3v) is 4.95. The molecule has 23 heavy (non-hydrogen) atoms. The summed E-state index contributed by atoms with van der Waals surface area (Å²) < 4.78 is 0. The van der Waals surface area contributed by atoms with E-state index in [9.17, 15) is 4.79 Å². The number of hydrogen-bond donors (Lipinski definition) is 0. The van der Waals surface area contributed by atoms with Crippen LogP contribution < -0.4 is 0 Å². The van der Waals surface area contributed by atoms with Crippen molar-refractivity contribution in [3.05, 3.63) is 35.4 Å². The number of amides is 2. The zero-order chi connectivity index (χ0) is 16.4. The molecule has 0 aliphatic carbocycles. The van der Waals surface area contributed by atoms with Crippen LogP contribution in [0.3, 0.4) is 0 Å². The molecule has 1 aromatic carbocycles. The highest BCUT2D eigenvalue weighted by molar-refractivity contribution is 5.74. The van der Waals surface area contributed by atoms with Crippen molar-refractivity contribution < 1.29 is 4.79 Å². The van der Waals surface area contributed by atoms with E-state index in [4.69, 9.17) is 5.26 Å². The minimum Gasteiger partial charge on any atom is -0.331 e. The zero-order valence-electron chi connectivity index (χ0n) is 13.9. The summed E-state index contributed by atoms with van der Waals surface area (Å²) in [6.45, 7) is 3.65. The number of nitriles is 1. The lowest BCUT2D eigenvalue weighted by molar-refractivity contribution is 0.123. The van der Waals surface area contributed by atoms with Gasteiger partial charge in [-0.15, -0.1) is 0 Å². The van der Waals surface area contributed by atoms with E-state index in [1.165, 1.54) is 12.0 Å². The molecule has 0 spiro atoms. The minimum absolute atomic E-state index is 0.127. The number of piperidine rings is 1. The summed E-state index contributed by atoms with van der Waals surface area (Å²) in [7, 11) is 3.65. The number of nitrogens with zero attached hydrogens (tertiary/aromatic N) is 4. The van der Waals surface area contributed by atoms with Crippen molar-refractivity contribution in [3.8, 4) is 6.07 Å². The largest absolute Gasteiger partial charge is 0.331 e. The van der Waals surface area contributed by atoms with Crippen LogP contribution in [0.5, 0.6) is 0 Å². The van der Waals surface area contributed by atoms with Gasteiger partial charge in [-0.05, 0) is 36.5 Å². The van der Waals surface area contributed by atoms with Gasteiger partial charge in [0.25, 0.3) is 0 Å². The molecule has 3 fully saturated rings. The Morgan fingerprint density at radius 2 is 1.96 bits per heavy atom. The fourth-order valence-electron chi connectivity index (χ4n) is 3.73. The fourth-order valence-corrected chi connectivity index (χ4v) is 3.73. The molecular weight excluding hydrogens is 288 g/mol. The number of hydrogen-bond acceptors (Lipinski definition) is 3. The Morgan fingerprint density at radius 1 is 1.22 bits per heavy atom. The van der Waals surface area contributed by atoms with Gasteiger partial charge in [0.05, 0.1) is 11.6 Å². The Morgan fingerprint density at radius 3 is 2.61 bits per heavy atom. The van der Waals surface area contributed by atoms with Crippen molar-refractivity contribution in [3.63, 3.8) is 0 Å². The van der Waals surface area contributed by atoms with Crippen molar-refractivity contribution in [2.75, 3.05) is 33.7 Å². The number of fused-ring (bicyclic) bond motifs is 4. The number of rotatable bonds is 2. The molecule has 1 aromatic rings. The van der Waals surface area contributed by atoms with Crippen LogP contribution in [-0.4, -0.2) is 60.5 Å². The Kier molecular flexibility index (Phi) is 4.53. The molecule has 122 valence electrons. The summed E-state index contributed by atoms with van der Waals surface area (Å²) in [5.41, 5.74) is 1.94. The lowest BCUT2D eigenvalue weighted by atomic mass is 9.94. The SMILES string of the molecule is CN(C)C(=O)N1C[C@H]2CC[C@@H](C1)N(Cc1ccc(C#N)cc1)C2. The smallest absolute Gasteiger partial charge is 0.319 e. The molecule has 0 saturated carbocycles. The molecule has 0 aromatic heterocycles. The van der Waals surface area contributed by atoms with E-state index >= 15 is 0 Å². The normalized spacial score (nSPS) is 24.1. The summed E-state index contributed by atoms with van der Waals surface area (Å²) >= 11 is 0. The van der Waals surface area contributed by atoms with Crippen LogP contribution in [-0.2, 0) is 6.54 Å². The fraction of sp³-hybridized carbons (Fsp3) is 0.556. The van der Waals surface area contributed by atoms with Crippen LogP contribution >= 0.6 is 0 Å². The maximum Gasteiger partial charge on any atom is 0.319 e. The molecular formula is C18H24N4O. The van der Waals surface area contributed by atoms with Crippen LogP contribution in [0.2, 0.25) is 0 Å². The minimum atomic E-state index is 0.127. The molecule has 3 heterocycles. The lowest BCUT2D eigenvalue weighted by Gasteiger charge is -2.36. The van der Waals surface area contributed by atoms with Crippen molar-refractivity contribution in [2.24, 2.45) is 5.92 Å². The lowest BCUT2D eigenvalue weighted by Crippen LogP contribution is -2.45. The van der Waals surface area contributed by atoms with E-state index in [1.807, 2.05) is 43.3 Å². The van der Waals surface area contributed by atoms with Gasteiger partial charge in [0.2, 0.25) is 0 Å². The standard InChI is InChI=1S/C18H24N4O/c1-20(2)18(23)22-12-16-7-8-17(13-22)21(11-16)10-15-5-3-14(9-19)4-6-15/h3-6,16-17H,7-8,10-13H2,1-2H3/t16-,17-/m0/s1. The average Bonchev–Trinajstić information content (AvgIpc) is 2.86. The van der Waals surface area contributed by atoms with Crippen LogP contribution in [0.25, 0.3) is 0 Å². The Hall–Kier alpha value is -2.06. The van der Waals surface area contributed by atoms with Crippen molar-refractivity contribution in [1.82, 2.24) is 14.7 Å². The van der Waals surface area contributed by atoms with Crippen LogP contribution in [0.4, 0.5) is 4.79 Å². The molecule has 3 saturated heterocycles. The van der Waals surface area contributed by atoms with E-state index in [2.05, 4.69) is 11.0 Å². The molecule has 0 N–H and O–H groups in total. The molecule has 3 aliphatic rings. The highest BCUT2D eigenvalue weighted by Crippen LogP contribution is 2.29. The van der Waals surface area contributed by atoms with E-state index < -0.39 is 0 Å². The average molecular weight is 312 g/mol. The highest BCUT2D eigenvalue weighted by Gasteiger charge is 2.36. The van der Waals surface area contributed by atoms with Gasteiger partial charge in [0, 0.05) is 46.3 Å². The second-order valence-electron chi connectivity index (χ2n) is 6.92. The van der Waals surface area contributed by atoms with Crippen molar-refractivity contribution in [1.29, 1.82) is 5.26 Å². The summed E-state index contributed by atoms with van der Waals surface area (Å²) in [6, 6.07) is 10.6. The first-order chi connectivity index (χ1) is 11.1. The van der Waals surface area contributed by atoms with E-state index in [1.54, 1.807) is 4.90 Å². The van der Waals surface area contributed by atoms with Crippen LogP contribution in [0.1, 0.15) is 24.0 Å². The van der Waals surface area contributed by atoms with Crippen LogP contribution in [0.15, 0.2) is 24.3 Å². The predicted molar refractivity (Wildman–Crippen MR) is 88.7 cm³/mol. The third kappa shape index (κ3) is 3.48. The molecule has 0 radical (unpaired) electrons. The van der Waals surface area contributed by atoms with Gasteiger partial charge in [0.15, 0.2) is 0 Å². The topological polar surface area (TPSA) is 50.6 Å². The molecule has 3 aliphatic heterocycles.